The molecule has 1 heterocycles. The quantitative estimate of drug-likeness (QED) is 0.399. The van der Waals surface area contributed by atoms with E-state index < -0.39 is 0 Å². The van der Waals surface area contributed by atoms with Crippen molar-refractivity contribution >= 4 is 11.6 Å². The smallest absolute Gasteiger partial charge is 0.295 e. The Kier molecular flexibility index (Phi) is 6.57. The minimum atomic E-state index is -0.0605. The summed E-state index contributed by atoms with van der Waals surface area (Å²) in [5.74, 6) is 0.155. The largest absolute Gasteiger partial charge is 0.508 e. The van der Waals surface area contributed by atoms with Crippen molar-refractivity contribution in [2.45, 2.75) is 13.5 Å². The van der Waals surface area contributed by atoms with Gasteiger partial charge in [-0.05, 0) is 36.8 Å². The van der Waals surface area contributed by atoms with Gasteiger partial charge in [0.25, 0.3) is 5.91 Å². The van der Waals surface area contributed by atoms with Gasteiger partial charge in [-0.2, -0.15) is 5.10 Å². The maximum atomic E-state index is 12.2. The van der Waals surface area contributed by atoms with Crippen molar-refractivity contribution in [2.24, 2.45) is 5.10 Å². The van der Waals surface area contributed by atoms with Gasteiger partial charge in [0.05, 0.1) is 5.71 Å². The Morgan fingerprint density at radius 2 is 1.63 bits per heavy atom. The van der Waals surface area contributed by atoms with Gasteiger partial charge < -0.3 is 14.9 Å². The fraction of sp³-hybridized carbons (Fsp3) is 0.333. The van der Waals surface area contributed by atoms with Gasteiger partial charge in [0.1, 0.15) is 38.5 Å². The second-order valence-corrected chi connectivity index (χ2v) is 7.12. The van der Waals surface area contributed by atoms with Crippen LogP contribution in [0.5, 0.6) is 5.75 Å². The van der Waals surface area contributed by atoms with Crippen LogP contribution < -0.4 is 15.2 Å². The number of quaternary nitrogens is 2. The predicted octanol–water partition coefficient (Wildman–Crippen LogP) is -0.784. The third kappa shape index (κ3) is 5.91. The van der Waals surface area contributed by atoms with Crippen molar-refractivity contribution in [2.75, 3.05) is 32.7 Å². The van der Waals surface area contributed by atoms with Crippen LogP contribution in [0.2, 0.25) is 0 Å². The van der Waals surface area contributed by atoms with Gasteiger partial charge in [-0.25, -0.2) is 5.43 Å². The van der Waals surface area contributed by atoms with Crippen molar-refractivity contribution in [3.05, 3.63) is 65.7 Å². The lowest BCUT2D eigenvalue weighted by atomic mass is 10.1. The number of hydrogen-bond acceptors (Lipinski definition) is 3. The van der Waals surface area contributed by atoms with E-state index in [1.165, 1.54) is 10.5 Å². The lowest BCUT2D eigenvalue weighted by Crippen LogP contribution is -3.28. The van der Waals surface area contributed by atoms with Crippen LogP contribution in [-0.4, -0.2) is 49.4 Å². The third-order valence-electron chi connectivity index (χ3n) is 5.01. The number of carbonyl (C=O) groups is 1. The number of phenols is 1. The van der Waals surface area contributed by atoms with Crippen molar-refractivity contribution < 1.29 is 19.7 Å². The average Bonchev–Trinajstić information content (AvgIpc) is 2.69. The number of hydrogen-bond donors (Lipinski definition) is 4. The zero-order valence-corrected chi connectivity index (χ0v) is 15.7. The molecule has 1 saturated heterocycles. The predicted molar refractivity (Wildman–Crippen MR) is 105 cm³/mol. The molecule has 2 aromatic carbocycles. The summed E-state index contributed by atoms with van der Waals surface area (Å²) < 4.78 is 0. The second-order valence-electron chi connectivity index (χ2n) is 7.12. The summed E-state index contributed by atoms with van der Waals surface area (Å²) in [6.45, 7) is 7.49. The van der Waals surface area contributed by atoms with E-state index in [0.29, 0.717) is 6.54 Å². The Morgan fingerprint density at radius 3 is 2.30 bits per heavy atom. The minimum absolute atomic E-state index is 0.0605. The summed E-state index contributed by atoms with van der Waals surface area (Å²) in [7, 11) is 0. The number of carbonyl (C=O) groups excluding carboxylic acids is 1. The van der Waals surface area contributed by atoms with E-state index in [-0.39, 0.29) is 11.7 Å². The number of hydrazone groups is 1. The van der Waals surface area contributed by atoms with E-state index >= 15 is 0 Å². The van der Waals surface area contributed by atoms with Crippen LogP contribution in [0.1, 0.15) is 18.1 Å². The lowest BCUT2D eigenvalue weighted by molar-refractivity contribution is -1.02. The molecule has 2 aromatic rings. The molecule has 1 fully saturated rings. The summed E-state index contributed by atoms with van der Waals surface area (Å²) in [5, 5.41) is 13.5. The van der Waals surface area contributed by atoms with Gasteiger partial charge in [-0.1, -0.05) is 30.3 Å². The summed E-state index contributed by atoms with van der Waals surface area (Å²) in [4.78, 5) is 15.1. The van der Waals surface area contributed by atoms with Gasteiger partial charge in [0.2, 0.25) is 0 Å². The number of phenolic OH excluding ortho intramolecular Hbond substituents is 1. The SMILES string of the molecule is C/C(=N\NC(=O)C[NH+]1CC[NH+](Cc2ccccc2)CC1)c1ccc(O)cc1. The van der Waals surface area contributed by atoms with Crippen LogP contribution in [0.4, 0.5) is 0 Å². The average molecular weight is 368 g/mol. The normalized spacial score (nSPS) is 20.3. The molecule has 3 rings (SSSR count). The van der Waals surface area contributed by atoms with Crippen LogP contribution in [-0.2, 0) is 11.3 Å². The Bertz CT molecular complexity index is 767. The molecule has 0 aromatic heterocycles. The van der Waals surface area contributed by atoms with Crippen LogP contribution in [0.3, 0.4) is 0 Å². The van der Waals surface area contributed by atoms with Gasteiger partial charge in [0, 0.05) is 5.56 Å². The summed E-state index contributed by atoms with van der Waals surface area (Å²) in [5.41, 5.74) is 5.61. The van der Waals surface area contributed by atoms with Crippen LogP contribution >= 0.6 is 0 Å². The van der Waals surface area contributed by atoms with Crippen molar-refractivity contribution in [1.29, 1.82) is 0 Å². The highest BCUT2D eigenvalue weighted by Gasteiger charge is 2.24. The summed E-state index contributed by atoms with van der Waals surface area (Å²) in [6.07, 6.45) is 0. The first-order valence-corrected chi connectivity index (χ1v) is 9.44. The minimum Gasteiger partial charge on any atom is -0.508 e. The van der Waals surface area contributed by atoms with Gasteiger partial charge >= 0.3 is 0 Å². The lowest BCUT2D eigenvalue weighted by Gasteiger charge is -2.29. The fourth-order valence-corrected chi connectivity index (χ4v) is 3.38. The molecule has 142 valence electrons. The third-order valence-corrected chi connectivity index (χ3v) is 5.01. The number of aromatic hydroxyl groups is 1. The molecule has 0 radical (unpaired) electrons. The monoisotopic (exact) mass is 368 g/mol. The molecule has 6 nitrogen and oxygen atoms in total. The summed E-state index contributed by atoms with van der Waals surface area (Å²) in [6, 6.07) is 17.3. The van der Waals surface area contributed by atoms with Gasteiger partial charge in [-0.15, -0.1) is 0 Å². The highest BCUT2D eigenvalue weighted by atomic mass is 16.3. The molecule has 0 atom stereocenters. The number of piperazine rings is 1. The topological polar surface area (TPSA) is 70.6 Å². The van der Waals surface area contributed by atoms with Crippen molar-refractivity contribution in [1.82, 2.24) is 5.43 Å². The highest BCUT2D eigenvalue weighted by molar-refractivity contribution is 5.99. The van der Waals surface area contributed by atoms with E-state index in [1.54, 1.807) is 29.2 Å². The molecular formula is C21H28N4O2+2. The first-order chi connectivity index (χ1) is 13.1. The Balaban J connectivity index is 1.41. The Morgan fingerprint density at radius 1 is 1.00 bits per heavy atom. The van der Waals surface area contributed by atoms with E-state index in [0.717, 1.165) is 44.0 Å². The van der Waals surface area contributed by atoms with Crippen LogP contribution in [0, 0.1) is 0 Å². The maximum absolute atomic E-state index is 12.2. The Labute approximate surface area is 160 Å². The van der Waals surface area contributed by atoms with Crippen molar-refractivity contribution in [3.63, 3.8) is 0 Å². The number of nitrogens with zero attached hydrogens (tertiary/aromatic N) is 1. The maximum Gasteiger partial charge on any atom is 0.295 e. The zero-order chi connectivity index (χ0) is 19.1. The molecule has 4 N–H and O–H groups in total. The molecule has 1 amide bonds. The fourth-order valence-electron chi connectivity index (χ4n) is 3.38. The first-order valence-electron chi connectivity index (χ1n) is 9.44. The number of amides is 1. The number of benzene rings is 2. The molecule has 0 spiro atoms. The highest BCUT2D eigenvalue weighted by Crippen LogP contribution is 2.10. The molecule has 0 unspecified atom stereocenters. The van der Waals surface area contributed by atoms with Crippen molar-refractivity contribution in [3.8, 4) is 5.75 Å². The van der Waals surface area contributed by atoms with Crippen LogP contribution in [0.15, 0.2) is 59.7 Å². The molecule has 27 heavy (non-hydrogen) atoms. The summed E-state index contributed by atoms with van der Waals surface area (Å²) >= 11 is 0. The zero-order valence-electron chi connectivity index (χ0n) is 15.7. The van der Waals surface area contributed by atoms with E-state index in [4.69, 9.17) is 0 Å². The molecular weight excluding hydrogens is 340 g/mol. The standard InChI is InChI=1S/C21H26N4O2/c1-17(19-7-9-20(26)10-8-19)22-23-21(27)16-25-13-11-24(12-14-25)15-18-5-3-2-4-6-18/h2-10,26H,11-16H2,1H3,(H,23,27)/p+2/b22-17+. The molecule has 0 saturated carbocycles. The van der Waals surface area contributed by atoms with Gasteiger partial charge in [0.15, 0.2) is 6.54 Å². The Hall–Kier alpha value is -2.70. The number of rotatable bonds is 6. The molecule has 6 heteroatoms. The van der Waals surface area contributed by atoms with E-state index in [2.05, 4.69) is 34.8 Å². The van der Waals surface area contributed by atoms with E-state index in [9.17, 15) is 9.90 Å². The van der Waals surface area contributed by atoms with Crippen LogP contribution in [0.25, 0.3) is 0 Å². The van der Waals surface area contributed by atoms with Gasteiger partial charge in [-0.3, -0.25) is 4.79 Å². The first kappa shape index (κ1) is 19.1. The second kappa shape index (κ2) is 9.30. The molecule has 0 aliphatic carbocycles. The molecule has 0 bridgehead atoms. The molecule has 1 aliphatic heterocycles. The number of nitrogens with one attached hydrogen (secondary N) is 3. The van der Waals surface area contributed by atoms with E-state index in [1.807, 2.05) is 13.0 Å². The molecule has 1 aliphatic rings.